The van der Waals surface area contributed by atoms with Crippen molar-refractivity contribution in [1.29, 1.82) is 0 Å². The minimum Gasteiger partial charge on any atom is -0.315 e. The van der Waals surface area contributed by atoms with Crippen molar-refractivity contribution in [3.05, 3.63) is 0 Å². The lowest BCUT2D eigenvalue weighted by Crippen LogP contribution is -2.58. The number of hydrogen-bond acceptors (Lipinski definition) is 2. The van der Waals surface area contributed by atoms with Gasteiger partial charge in [-0.2, -0.15) is 13.2 Å². The molecule has 1 N–H and O–H groups in total. The Labute approximate surface area is 71.7 Å². The Morgan fingerprint density at radius 1 is 1.46 bits per heavy atom. The highest BCUT2D eigenvalue weighted by molar-refractivity contribution is 5.97. The number of nitrogens with zero attached hydrogens (tertiary/aromatic N) is 1. The lowest BCUT2D eigenvalue weighted by atomic mass is 10.1. The van der Waals surface area contributed by atoms with Crippen molar-refractivity contribution in [2.24, 2.45) is 0 Å². The summed E-state index contributed by atoms with van der Waals surface area (Å²) in [5.41, 5.74) is 0. The maximum atomic E-state index is 12.2. The number of halogens is 3. The average Bonchev–Trinajstić information content (AvgIpc) is 1.94. The van der Waals surface area contributed by atoms with Gasteiger partial charge in [0.1, 0.15) is 6.04 Å². The molecular formula is C6H7F3N2O2. The Bertz CT molecular complexity index is 251. The van der Waals surface area contributed by atoms with Gasteiger partial charge in [0.15, 0.2) is 0 Å². The van der Waals surface area contributed by atoms with Gasteiger partial charge >= 0.3 is 12.2 Å². The molecule has 1 aliphatic rings. The normalized spacial score (nSPS) is 24.6. The van der Waals surface area contributed by atoms with E-state index in [1.165, 1.54) is 0 Å². The van der Waals surface area contributed by atoms with Crippen LogP contribution in [0.15, 0.2) is 0 Å². The van der Waals surface area contributed by atoms with E-state index >= 15 is 0 Å². The molecule has 1 aliphatic heterocycles. The van der Waals surface area contributed by atoms with Gasteiger partial charge in [0.05, 0.1) is 6.42 Å². The quantitative estimate of drug-likeness (QED) is 0.612. The van der Waals surface area contributed by atoms with Crippen LogP contribution in [0.4, 0.5) is 18.0 Å². The third kappa shape index (κ3) is 1.90. The standard InChI is InChI=1S/C6H7F3N2O2/c1-11-3(6(7,8)9)2-4(12)10-5(11)13/h3H,2H2,1H3,(H,10,12,13). The summed E-state index contributed by atoms with van der Waals surface area (Å²) in [5.74, 6) is -0.898. The second-order valence-corrected chi connectivity index (χ2v) is 2.73. The molecule has 4 nitrogen and oxygen atoms in total. The summed E-state index contributed by atoms with van der Waals surface area (Å²) in [6.07, 6.45) is -5.28. The lowest BCUT2D eigenvalue weighted by Gasteiger charge is -2.32. The number of amides is 3. The van der Waals surface area contributed by atoms with Gasteiger partial charge in [-0.05, 0) is 0 Å². The van der Waals surface area contributed by atoms with Crippen molar-refractivity contribution < 1.29 is 22.8 Å². The second-order valence-electron chi connectivity index (χ2n) is 2.73. The summed E-state index contributed by atoms with van der Waals surface area (Å²) in [6, 6.07) is -3.02. The number of nitrogens with one attached hydrogen (secondary N) is 1. The molecule has 0 aromatic rings. The molecule has 1 fully saturated rings. The fraction of sp³-hybridized carbons (Fsp3) is 0.667. The summed E-state index contributed by atoms with van der Waals surface area (Å²) in [6.45, 7) is 0. The van der Waals surface area contributed by atoms with Crippen molar-refractivity contribution in [3.63, 3.8) is 0 Å². The van der Waals surface area contributed by atoms with Gasteiger partial charge in [0, 0.05) is 7.05 Å². The van der Waals surface area contributed by atoms with E-state index in [-0.39, 0.29) is 0 Å². The maximum Gasteiger partial charge on any atom is 0.409 e. The van der Waals surface area contributed by atoms with Gasteiger partial charge in [-0.15, -0.1) is 0 Å². The van der Waals surface area contributed by atoms with Crippen molar-refractivity contribution in [3.8, 4) is 0 Å². The number of rotatable bonds is 0. The van der Waals surface area contributed by atoms with Crippen LogP contribution in [-0.2, 0) is 4.79 Å². The molecule has 0 spiro atoms. The molecule has 1 rings (SSSR count). The van der Waals surface area contributed by atoms with E-state index in [1.54, 1.807) is 5.32 Å². The highest BCUT2D eigenvalue weighted by Gasteiger charge is 2.47. The molecule has 0 aromatic carbocycles. The zero-order valence-corrected chi connectivity index (χ0v) is 6.68. The molecule has 3 amide bonds. The van der Waals surface area contributed by atoms with E-state index in [0.717, 1.165) is 7.05 Å². The van der Waals surface area contributed by atoms with Crippen LogP contribution in [0.2, 0.25) is 0 Å². The first-order chi connectivity index (χ1) is 5.82. The molecule has 1 atom stereocenters. The van der Waals surface area contributed by atoms with Crippen LogP contribution in [-0.4, -0.2) is 36.1 Å². The van der Waals surface area contributed by atoms with E-state index in [4.69, 9.17) is 0 Å². The van der Waals surface area contributed by atoms with E-state index in [0.29, 0.717) is 4.90 Å². The molecular weight excluding hydrogens is 189 g/mol. The molecule has 1 unspecified atom stereocenters. The van der Waals surface area contributed by atoms with E-state index in [9.17, 15) is 22.8 Å². The minimum absolute atomic E-state index is 0.474. The zero-order chi connectivity index (χ0) is 10.2. The molecule has 0 bridgehead atoms. The first kappa shape index (κ1) is 9.82. The molecule has 0 aromatic heterocycles. The predicted molar refractivity (Wildman–Crippen MR) is 35.8 cm³/mol. The fourth-order valence-electron chi connectivity index (χ4n) is 1.05. The van der Waals surface area contributed by atoms with E-state index in [1.807, 2.05) is 0 Å². The molecule has 1 saturated heterocycles. The summed E-state index contributed by atoms with van der Waals surface area (Å²) < 4.78 is 36.5. The average molecular weight is 196 g/mol. The fourth-order valence-corrected chi connectivity index (χ4v) is 1.05. The van der Waals surface area contributed by atoms with Crippen LogP contribution in [0.25, 0.3) is 0 Å². The van der Waals surface area contributed by atoms with Gasteiger partial charge in [-0.3, -0.25) is 10.1 Å². The van der Waals surface area contributed by atoms with Crippen molar-refractivity contribution in [2.75, 3.05) is 7.05 Å². The maximum absolute atomic E-state index is 12.2. The van der Waals surface area contributed by atoms with Crippen LogP contribution < -0.4 is 5.32 Å². The van der Waals surface area contributed by atoms with Gasteiger partial charge in [0.2, 0.25) is 5.91 Å². The van der Waals surface area contributed by atoms with Crippen molar-refractivity contribution >= 4 is 11.9 Å². The summed E-state index contributed by atoms with van der Waals surface area (Å²) in [7, 11) is 1.000. The van der Waals surface area contributed by atoms with Crippen LogP contribution >= 0.6 is 0 Å². The largest absolute Gasteiger partial charge is 0.409 e. The third-order valence-electron chi connectivity index (χ3n) is 1.79. The number of alkyl halides is 3. The van der Waals surface area contributed by atoms with Crippen LogP contribution in [0.3, 0.4) is 0 Å². The monoisotopic (exact) mass is 196 g/mol. The zero-order valence-electron chi connectivity index (χ0n) is 6.68. The Morgan fingerprint density at radius 3 is 2.46 bits per heavy atom. The molecule has 1 heterocycles. The number of urea groups is 1. The highest BCUT2D eigenvalue weighted by atomic mass is 19.4. The van der Waals surface area contributed by atoms with Gasteiger partial charge in [0.25, 0.3) is 0 Å². The molecule has 13 heavy (non-hydrogen) atoms. The van der Waals surface area contributed by atoms with Gasteiger partial charge in [-0.1, -0.05) is 0 Å². The minimum atomic E-state index is -4.55. The highest BCUT2D eigenvalue weighted by Crippen LogP contribution is 2.28. The van der Waals surface area contributed by atoms with Crippen molar-refractivity contribution in [1.82, 2.24) is 10.2 Å². The molecule has 0 saturated carbocycles. The summed E-state index contributed by atoms with van der Waals surface area (Å²) in [5, 5.41) is 1.78. The van der Waals surface area contributed by atoms with Crippen LogP contribution in [0, 0.1) is 0 Å². The first-order valence-electron chi connectivity index (χ1n) is 3.45. The third-order valence-corrected chi connectivity index (χ3v) is 1.79. The lowest BCUT2D eigenvalue weighted by molar-refractivity contribution is -0.180. The van der Waals surface area contributed by atoms with E-state index in [2.05, 4.69) is 0 Å². The number of carbonyl (C=O) groups excluding carboxylic acids is 2. The molecule has 74 valence electrons. The van der Waals surface area contributed by atoms with Crippen LogP contribution in [0.5, 0.6) is 0 Å². The summed E-state index contributed by atoms with van der Waals surface area (Å²) >= 11 is 0. The van der Waals surface area contributed by atoms with E-state index < -0.39 is 30.6 Å². The predicted octanol–water partition coefficient (Wildman–Crippen LogP) is 0.489. The summed E-state index contributed by atoms with van der Waals surface area (Å²) in [4.78, 5) is 21.8. The Hall–Kier alpha value is -1.27. The van der Waals surface area contributed by atoms with Gasteiger partial charge in [-0.25, -0.2) is 4.79 Å². The van der Waals surface area contributed by atoms with Gasteiger partial charge < -0.3 is 4.90 Å². The Balaban J connectivity index is 2.84. The Kier molecular flexibility index (Phi) is 2.19. The number of carbonyl (C=O) groups is 2. The Morgan fingerprint density at radius 2 is 2.00 bits per heavy atom. The molecule has 7 heteroatoms. The number of imide groups is 1. The first-order valence-corrected chi connectivity index (χ1v) is 3.45. The van der Waals surface area contributed by atoms with Crippen LogP contribution in [0.1, 0.15) is 6.42 Å². The SMILES string of the molecule is CN1C(=O)NC(=O)CC1C(F)(F)F. The number of hydrogen-bond donors (Lipinski definition) is 1. The smallest absolute Gasteiger partial charge is 0.315 e. The molecule has 0 radical (unpaired) electrons. The molecule has 0 aliphatic carbocycles. The second kappa shape index (κ2) is 2.90. The van der Waals surface area contributed by atoms with Crippen molar-refractivity contribution in [2.45, 2.75) is 18.6 Å². The topological polar surface area (TPSA) is 49.4 Å².